The highest BCUT2D eigenvalue weighted by molar-refractivity contribution is 5.90. The zero-order valence-electron chi connectivity index (χ0n) is 24.7. The quantitative estimate of drug-likeness (QED) is 0.486. The molecule has 0 spiro atoms. The molecule has 3 heterocycles. The van der Waals surface area contributed by atoms with E-state index in [9.17, 15) is 24.3 Å². The van der Waals surface area contributed by atoms with Gasteiger partial charge in [0.1, 0.15) is 29.8 Å². The highest BCUT2D eigenvalue weighted by Gasteiger charge is 2.70. The van der Waals surface area contributed by atoms with Crippen molar-refractivity contribution in [1.29, 1.82) is 0 Å². The van der Waals surface area contributed by atoms with Gasteiger partial charge in [0.05, 0.1) is 17.9 Å². The Morgan fingerprint density at radius 3 is 2.47 bits per heavy atom. The minimum absolute atomic E-state index is 0.00787. The summed E-state index contributed by atoms with van der Waals surface area (Å²) in [6.07, 6.45) is 5.47. The number of carbonyl (C=O) groups excluding carboxylic acids is 3. The second-order valence-corrected chi connectivity index (χ2v) is 13.9. The molecule has 0 amide bonds. The van der Waals surface area contributed by atoms with Crippen LogP contribution in [0.5, 0.6) is 5.75 Å². The summed E-state index contributed by atoms with van der Waals surface area (Å²) in [4.78, 5) is 57.2. The van der Waals surface area contributed by atoms with Crippen LogP contribution in [0.2, 0.25) is 0 Å². The van der Waals surface area contributed by atoms with Crippen LogP contribution >= 0.6 is 0 Å². The summed E-state index contributed by atoms with van der Waals surface area (Å²) in [7, 11) is 0. The number of hydrogen-bond donors (Lipinski definition) is 1. The van der Waals surface area contributed by atoms with Crippen LogP contribution in [0.4, 0.5) is 0 Å². The molecule has 7 rings (SSSR count). The van der Waals surface area contributed by atoms with Crippen molar-refractivity contribution in [3.05, 3.63) is 46.6 Å². The lowest BCUT2D eigenvalue weighted by atomic mass is 9.43. The first-order valence-corrected chi connectivity index (χ1v) is 15.3. The second-order valence-electron chi connectivity index (χ2n) is 13.9. The molecule has 4 fully saturated rings. The van der Waals surface area contributed by atoms with Gasteiger partial charge in [-0.25, -0.2) is 4.79 Å². The maximum Gasteiger partial charge on any atom is 0.345 e. The number of aromatic nitrogens is 1. The van der Waals surface area contributed by atoms with Crippen molar-refractivity contribution in [2.24, 2.45) is 34.5 Å². The molecule has 4 saturated carbocycles. The van der Waals surface area contributed by atoms with Gasteiger partial charge in [0, 0.05) is 41.8 Å². The number of ether oxygens (including phenoxy) is 3. The molecule has 0 saturated heterocycles. The van der Waals surface area contributed by atoms with Crippen LogP contribution in [0.15, 0.2) is 39.8 Å². The number of Topliss-reactive ketones (excluding diaryl/α,β-unsaturated/α-hetero) is 1. The average Bonchev–Trinajstić information content (AvgIpc) is 3.88. The normalized spacial score (nSPS) is 36.4. The van der Waals surface area contributed by atoms with Gasteiger partial charge in [0.25, 0.3) is 0 Å². The van der Waals surface area contributed by atoms with Gasteiger partial charge in [-0.3, -0.25) is 19.4 Å². The first kappa shape index (κ1) is 28.3. The fourth-order valence-electron chi connectivity index (χ4n) is 8.22. The molecule has 0 radical (unpaired) electrons. The molecule has 5 aliphatic rings. The lowest BCUT2D eigenvalue weighted by Gasteiger charge is -2.64. The Bertz CT molecular complexity index is 1550. The summed E-state index contributed by atoms with van der Waals surface area (Å²) in [5, 5.41) is 12.0. The minimum Gasteiger partial charge on any atom is -0.479 e. The zero-order chi connectivity index (χ0) is 30.3. The van der Waals surface area contributed by atoms with Crippen molar-refractivity contribution in [3.63, 3.8) is 0 Å². The monoisotopic (exact) mass is 591 g/mol. The summed E-state index contributed by atoms with van der Waals surface area (Å²) in [6, 6.07) is 4.99. The van der Waals surface area contributed by atoms with Crippen molar-refractivity contribution in [2.45, 2.75) is 83.5 Å². The maximum atomic E-state index is 14.2. The van der Waals surface area contributed by atoms with Crippen LogP contribution < -0.4 is 10.4 Å². The van der Waals surface area contributed by atoms with E-state index < -0.39 is 46.1 Å². The Balaban J connectivity index is 1.27. The molecular formula is C33H37NO9. The Morgan fingerprint density at radius 2 is 1.79 bits per heavy atom. The highest BCUT2D eigenvalue weighted by Crippen LogP contribution is 2.66. The number of nitrogens with zero attached hydrogens (tertiary/aromatic N) is 1. The molecule has 10 nitrogen and oxygen atoms in total. The number of pyridine rings is 1. The lowest BCUT2D eigenvalue weighted by Crippen LogP contribution is -2.69. The smallest absolute Gasteiger partial charge is 0.345 e. The summed E-state index contributed by atoms with van der Waals surface area (Å²) >= 11 is 0. The van der Waals surface area contributed by atoms with E-state index in [0.717, 1.165) is 25.7 Å². The fraction of sp³-hybridized carbons (Fsp3) is 0.606. The van der Waals surface area contributed by atoms with E-state index in [4.69, 9.17) is 18.6 Å². The predicted molar refractivity (Wildman–Crippen MR) is 151 cm³/mol. The Morgan fingerprint density at radius 1 is 1.07 bits per heavy atom. The average molecular weight is 592 g/mol. The summed E-state index contributed by atoms with van der Waals surface area (Å²) in [5.41, 5.74) is -3.26. The largest absolute Gasteiger partial charge is 0.479 e. The standard InChI is InChI=1S/C33H37NO9/c1-31-11-10-24(42-29(38)18-8-9-18)32(2,16-40-28(37)17-6-7-17)22(31)14-23(35)33(3)27(31)26(36)25-21(43-33)13-20(41-30(25)39)19-5-4-12-34-15-19/h4-5,12-13,15,17-18,22,24,26-27,36H,6-11,14,16H2,1-3H3/t22?,24-,26?,27?,31-,32+,33+/m0/s1. The van der Waals surface area contributed by atoms with Gasteiger partial charge < -0.3 is 23.7 Å². The number of carbonyl (C=O) groups is 3. The molecule has 43 heavy (non-hydrogen) atoms. The maximum absolute atomic E-state index is 14.2. The fourth-order valence-corrected chi connectivity index (χ4v) is 8.22. The molecule has 0 bridgehead atoms. The molecule has 10 heteroatoms. The molecule has 7 atom stereocenters. The number of ketones is 1. The van der Waals surface area contributed by atoms with Gasteiger partial charge >= 0.3 is 17.6 Å². The third kappa shape index (κ3) is 4.43. The number of aliphatic hydroxyl groups excluding tert-OH is 1. The van der Waals surface area contributed by atoms with Gasteiger partial charge in [-0.05, 0) is 68.9 Å². The SMILES string of the molecule is C[C@]12CC[C@H](OC(=O)C3CC3)[C@](C)(COC(=O)C3CC3)C1CC(=O)[C@@]1(C)Oc3cc(-c4cccnc4)oc(=O)c3C(O)C21. The van der Waals surface area contributed by atoms with Crippen molar-refractivity contribution >= 4 is 17.7 Å². The third-order valence-electron chi connectivity index (χ3n) is 11.0. The van der Waals surface area contributed by atoms with E-state index >= 15 is 0 Å². The molecule has 4 aliphatic carbocycles. The van der Waals surface area contributed by atoms with Gasteiger partial charge in [0.2, 0.25) is 0 Å². The highest BCUT2D eigenvalue weighted by atomic mass is 16.6. The number of fused-ring (bicyclic) bond motifs is 4. The number of rotatable bonds is 6. The van der Waals surface area contributed by atoms with Crippen molar-refractivity contribution < 1.29 is 38.1 Å². The molecule has 3 unspecified atom stereocenters. The van der Waals surface area contributed by atoms with E-state index in [1.54, 1.807) is 31.5 Å². The molecule has 0 aromatic carbocycles. The topological polar surface area (TPSA) is 142 Å². The molecular weight excluding hydrogens is 554 g/mol. The van der Waals surface area contributed by atoms with Gasteiger partial charge in [-0.15, -0.1) is 0 Å². The van der Waals surface area contributed by atoms with E-state index in [1.165, 1.54) is 6.07 Å². The van der Waals surface area contributed by atoms with Gasteiger partial charge in [0.15, 0.2) is 11.4 Å². The first-order chi connectivity index (χ1) is 20.5. The second kappa shape index (κ2) is 9.74. The molecule has 2 aromatic heterocycles. The molecule has 1 aliphatic heterocycles. The van der Waals surface area contributed by atoms with Crippen LogP contribution in [-0.4, -0.2) is 46.1 Å². The van der Waals surface area contributed by atoms with Crippen LogP contribution in [0.25, 0.3) is 11.3 Å². The molecule has 1 N–H and O–H groups in total. The molecule has 228 valence electrons. The summed E-state index contributed by atoms with van der Waals surface area (Å²) < 4.78 is 24.0. The number of aliphatic hydroxyl groups is 1. The van der Waals surface area contributed by atoms with Gasteiger partial charge in [-0.2, -0.15) is 0 Å². The van der Waals surface area contributed by atoms with E-state index in [1.807, 2.05) is 13.8 Å². The predicted octanol–water partition coefficient (Wildman–Crippen LogP) is 4.17. The van der Waals surface area contributed by atoms with Crippen molar-refractivity contribution in [3.8, 4) is 17.1 Å². The zero-order valence-corrected chi connectivity index (χ0v) is 24.7. The van der Waals surface area contributed by atoms with Crippen LogP contribution in [0.3, 0.4) is 0 Å². The Labute approximate surface area is 249 Å². The van der Waals surface area contributed by atoms with E-state index in [0.29, 0.717) is 18.4 Å². The number of esters is 2. The van der Waals surface area contributed by atoms with Crippen molar-refractivity contribution in [2.75, 3.05) is 6.61 Å². The summed E-state index contributed by atoms with van der Waals surface area (Å²) in [6.45, 7) is 5.62. The molecule has 2 aromatic rings. The van der Waals surface area contributed by atoms with Crippen molar-refractivity contribution in [1.82, 2.24) is 4.98 Å². The lowest BCUT2D eigenvalue weighted by molar-refractivity contribution is -0.232. The third-order valence-corrected chi connectivity index (χ3v) is 11.0. The van der Waals surface area contributed by atoms with E-state index in [-0.39, 0.29) is 59.7 Å². The first-order valence-electron chi connectivity index (χ1n) is 15.3. The van der Waals surface area contributed by atoms with Crippen LogP contribution in [0, 0.1) is 34.5 Å². The number of hydrogen-bond acceptors (Lipinski definition) is 10. The Hall–Kier alpha value is -3.53. The van der Waals surface area contributed by atoms with Crippen LogP contribution in [0.1, 0.15) is 77.4 Å². The summed E-state index contributed by atoms with van der Waals surface area (Å²) in [5.74, 6) is -1.86. The minimum atomic E-state index is -1.43. The van der Waals surface area contributed by atoms with Gasteiger partial charge in [-0.1, -0.05) is 13.8 Å². The Kier molecular flexibility index (Phi) is 6.40. The van der Waals surface area contributed by atoms with E-state index in [2.05, 4.69) is 4.98 Å². The van der Waals surface area contributed by atoms with Crippen LogP contribution in [-0.2, 0) is 23.9 Å².